The summed E-state index contributed by atoms with van der Waals surface area (Å²) in [7, 11) is 0. The van der Waals surface area contributed by atoms with E-state index in [2.05, 4.69) is 4.98 Å². The van der Waals surface area contributed by atoms with E-state index in [1.807, 2.05) is 68.4 Å². The van der Waals surface area contributed by atoms with Crippen LogP contribution < -0.4 is 5.56 Å². The summed E-state index contributed by atoms with van der Waals surface area (Å²) in [5.41, 5.74) is 3.26. The van der Waals surface area contributed by atoms with E-state index in [0.717, 1.165) is 21.3 Å². The molecular weight excluding hydrogens is 358 g/mol. The topological polar surface area (TPSA) is 75.8 Å². The van der Waals surface area contributed by atoms with E-state index in [0.29, 0.717) is 16.4 Å². The highest BCUT2D eigenvalue weighted by atomic mass is 32.2. The van der Waals surface area contributed by atoms with E-state index in [1.54, 1.807) is 0 Å². The van der Waals surface area contributed by atoms with Crippen LogP contribution in [0.1, 0.15) is 32.3 Å². The number of carbonyl (C=O) groups is 1. The van der Waals surface area contributed by atoms with E-state index in [1.165, 1.54) is 11.8 Å². The molecule has 1 aliphatic heterocycles. The van der Waals surface area contributed by atoms with E-state index in [9.17, 15) is 14.9 Å². The molecule has 4 rings (SSSR count). The molecule has 2 heterocycles. The van der Waals surface area contributed by atoms with Crippen molar-refractivity contribution in [2.75, 3.05) is 0 Å². The van der Waals surface area contributed by atoms with Gasteiger partial charge in [0.15, 0.2) is 5.16 Å². The van der Waals surface area contributed by atoms with Gasteiger partial charge in [-0.3, -0.25) is 9.59 Å². The summed E-state index contributed by atoms with van der Waals surface area (Å²) in [5, 5.41) is 9.31. The summed E-state index contributed by atoms with van der Waals surface area (Å²) in [4.78, 5) is 30.2. The molecule has 5 nitrogen and oxygen atoms in total. The van der Waals surface area contributed by atoms with Crippen molar-refractivity contribution in [2.24, 2.45) is 0 Å². The number of hydrogen-bond donors (Lipinski definition) is 0. The number of hydrogen-bond acceptors (Lipinski definition) is 5. The summed E-state index contributed by atoms with van der Waals surface area (Å²) < 4.78 is 1.03. The minimum atomic E-state index is -0.606. The maximum Gasteiger partial charge on any atom is 0.279 e. The van der Waals surface area contributed by atoms with Gasteiger partial charge in [-0.05, 0) is 19.4 Å². The van der Waals surface area contributed by atoms with Gasteiger partial charge in [-0.1, -0.05) is 71.4 Å². The quantitative estimate of drug-likeness (QED) is 0.637. The van der Waals surface area contributed by atoms with E-state index < -0.39 is 10.8 Å². The Morgan fingerprint density at radius 3 is 2.19 bits per heavy atom. The van der Waals surface area contributed by atoms with Crippen molar-refractivity contribution in [3.8, 4) is 17.3 Å². The minimum Gasteiger partial charge on any atom is -0.272 e. The van der Waals surface area contributed by atoms with Gasteiger partial charge in [-0.15, -0.1) is 0 Å². The van der Waals surface area contributed by atoms with Gasteiger partial charge in [0.25, 0.3) is 11.5 Å². The van der Waals surface area contributed by atoms with Crippen LogP contribution in [0.4, 0.5) is 0 Å². The first kappa shape index (κ1) is 17.3. The Hall–Kier alpha value is -3.17. The molecule has 1 aliphatic rings. The number of aromatic nitrogens is 2. The molecule has 0 fully saturated rings. The van der Waals surface area contributed by atoms with Gasteiger partial charge in [0, 0.05) is 5.56 Å². The van der Waals surface area contributed by atoms with Crippen molar-refractivity contribution in [2.45, 2.75) is 24.3 Å². The fourth-order valence-electron chi connectivity index (χ4n) is 3.02. The Morgan fingerprint density at radius 1 is 1.00 bits per heavy atom. The van der Waals surface area contributed by atoms with Crippen LogP contribution in [0.5, 0.6) is 0 Å². The van der Waals surface area contributed by atoms with Crippen LogP contribution in [-0.4, -0.2) is 15.5 Å². The first-order valence-electron chi connectivity index (χ1n) is 8.41. The smallest absolute Gasteiger partial charge is 0.272 e. The molecular formula is C21H15N3O2S. The highest BCUT2D eigenvalue weighted by Gasteiger charge is 2.36. The van der Waals surface area contributed by atoms with Crippen LogP contribution in [0.25, 0.3) is 11.3 Å². The molecule has 1 unspecified atom stereocenters. The summed E-state index contributed by atoms with van der Waals surface area (Å²) in [6.45, 7) is 3.93. The number of aryl methyl sites for hydroxylation is 2. The third kappa shape index (κ3) is 2.86. The zero-order chi connectivity index (χ0) is 19.1. The molecule has 1 aromatic heterocycles. The number of nitrogens with zero attached hydrogens (tertiary/aromatic N) is 3. The van der Waals surface area contributed by atoms with Crippen molar-refractivity contribution in [3.05, 3.63) is 81.1 Å². The fraction of sp³-hybridized carbons (Fsp3) is 0.143. The van der Waals surface area contributed by atoms with Gasteiger partial charge >= 0.3 is 0 Å². The zero-order valence-electron chi connectivity index (χ0n) is 14.8. The minimum absolute atomic E-state index is 0.110. The number of thioether (sulfide) groups is 1. The van der Waals surface area contributed by atoms with E-state index in [4.69, 9.17) is 0 Å². The average Bonchev–Trinajstić information content (AvgIpc) is 3.00. The molecule has 1 atom stereocenters. The Kier molecular flexibility index (Phi) is 4.17. The van der Waals surface area contributed by atoms with Gasteiger partial charge < -0.3 is 0 Å². The monoisotopic (exact) mass is 373 g/mol. The van der Waals surface area contributed by atoms with Crippen LogP contribution in [0, 0.1) is 25.2 Å². The SMILES string of the molecule is Cc1ccc(-c2nc3n(c(=O)c2C#N)C(=O)C(c2ccc(C)cc2)S3)cc1. The largest absolute Gasteiger partial charge is 0.279 e. The van der Waals surface area contributed by atoms with Crippen LogP contribution in [0.15, 0.2) is 58.5 Å². The normalized spacial score (nSPS) is 15.4. The lowest BCUT2D eigenvalue weighted by atomic mass is 10.1. The molecule has 0 bridgehead atoms. The lowest BCUT2D eigenvalue weighted by Gasteiger charge is -2.07. The summed E-state index contributed by atoms with van der Waals surface area (Å²) >= 11 is 1.24. The third-order valence-electron chi connectivity index (χ3n) is 4.54. The maximum absolute atomic E-state index is 12.9. The first-order valence-corrected chi connectivity index (χ1v) is 9.29. The summed E-state index contributed by atoms with van der Waals surface area (Å²) in [5.74, 6) is -0.358. The Bertz CT molecular complexity index is 1160. The van der Waals surface area contributed by atoms with Crippen LogP contribution in [-0.2, 0) is 0 Å². The number of benzene rings is 2. The third-order valence-corrected chi connectivity index (χ3v) is 5.73. The lowest BCUT2D eigenvalue weighted by molar-refractivity contribution is 0.0903. The Balaban J connectivity index is 1.85. The van der Waals surface area contributed by atoms with Crippen molar-refractivity contribution >= 4 is 17.7 Å². The first-order chi connectivity index (χ1) is 13.0. The van der Waals surface area contributed by atoms with Crippen LogP contribution in [0.2, 0.25) is 0 Å². The van der Waals surface area contributed by atoms with E-state index >= 15 is 0 Å². The zero-order valence-corrected chi connectivity index (χ0v) is 15.6. The predicted molar refractivity (Wildman–Crippen MR) is 104 cm³/mol. The molecule has 2 aromatic carbocycles. The highest BCUT2D eigenvalue weighted by Crippen LogP contribution is 2.41. The molecule has 0 saturated carbocycles. The molecule has 27 heavy (non-hydrogen) atoms. The lowest BCUT2D eigenvalue weighted by Crippen LogP contribution is -2.29. The number of fused-ring (bicyclic) bond motifs is 1. The molecule has 0 aliphatic carbocycles. The van der Waals surface area contributed by atoms with Gasteiger partial charge in [0.1, 0.15) is 16.9 Å². The van der Waals surface area contributed by atoms with Gasteiger partial charge in [0.05, 0.1) is 5.69 Å². The molecule has 3 aromatic rings. The second-order valence-electron chi connectivity index (χ2n) is 6.48. The predicted octanol–water partition coefficient (Wildman–Crippen LogP) is 3.89. The molecule has 132 valence electrons. The second kappa shape index (κ2) is 6.53. The van der Waals surface area contributed by atoms with Crippen molar-refractivity contribution in [3.63, 3.8) is 0 Å². The van der Waals surface area contributed by atoms with Crippen molar-refractivity contribution < 1.29 is 4.79 Å². The van der Waals surface area contributed by atoms with Gasteiger partial charge in [-0.2, -0.15) is 5.26 Å². The molecule has 0 radical (unpaired) electrons. The molecule has 0 amide bonds. The summed E-state index contributed by atoms with van der Waals surface area (Å²) in [6, 6.07) is 17.0. The number of rotatable bonds is 2. The van der Waals surface area contributed by atoms with Gasteiger partial charge in [0.2, 0.25) is 0 Å². The van der Waals surface area contributed by atoms with Crippen LogP contribution in [0.3, 0.4) is 0 Å². The van der Waals surface area contributed by atoms with Crippen molar-refractivity contribution in [1.82, 2.24) is 9.55 Å². The molecule has 6 heteroatoms. The second-order valence-corrected chi connectivity index (χ2v) is 7.56. The van der Waals surface area contributed by atoms with Crippen molar-refractivity contribution in [1.29, 1.82) is 5.26 Å². The summed E-state index contributed by atoms with van der Waals surface area (Å²) in [6.07, 6.45) is 0. The van der Waals surface area contributed by atoms with E-state index in [-0.39, 0.29) is 11.5 Å². The Labute approximate surface area is 160 Å². The standard InChI is InChI=1S/C21H15N3O2S/c1-12-3-7-14(8-4-12)17-16(11-22)19(25)24-20(26)18(27-21(24)23-17)15-9-5-13(2)6-10-15/h3-10,18H,1-2H3. The molecule has 0 saturated heterocycles. The van der Waals surface area contributed by atoms with Crippen LogP contribution >= 0.6 is 11.8 Å². The molecule has 0 spiro atoms. The molecule has 0 N–H and O–H groups in total. The highest BCUT2D eigenvalue weighted by molar-refractivity contribution is 8.00. The fourth-order valence-corrected chi connectivity index (χ4v) is 4.15. The van der Waals surface area contributed by atoms with Gasteiger partial charge in [-0.25, -0.2) is 9.55 Å². The number of nitriles is 1. The Morgan fingerprint density at radius 2 is 1.59 bits per heavy atom. The number of carbonyl (C=O) groups excluding carboxylic acids is 1. The maximum atomic E-state index is 12.9. The average molecular weight is 373 g/mol.